The van der Waals surface area contributed by atoms with Gasteiger partial charge in [0.15, 0.2) is 0 Å². The molecule has 0 radical (unpaired) electrons. The second-order valence-corrected chi connectivity index (χ2v) is 7.68. The Morgan fingerprint density at radius 2 is 1.00 bits per heavy atom. The second kappa shape index (κ2) is 4.13. The van der Waals surface area contributed by atoms with Crippen molar-refractivity contribution in [2.24, 2.45) is 10.8 Å². The first-order valence-corrected chi connectivity index (χ1v) is 6.71. The van der Waals surface area contributed by atoms with Crippen LogP contribution in [-0.2, 0) is 0 Å². The predicted octanol–water partition coefficient (Wildman–Crippen LogP) is 3.62. The maximum atomic E-state index is 2.35. The van der Waals surface area contributed by atoms with Crippen LogP contribution < -0.4 is 0 Å². The van der Waals surface area contributed by atoms with Gasteiger partial charge in [0.05, 0.1) is 0 Å². The number of hydrogen-bond donors (Lipinski definition) is 0. The van der Waals surface area contributed by atoms with Crippen molar-refractivity contribution in [3.8, 4) is 0 Å². The lowest BCUT2D eigenvalue weighted by Gasteiger charge is -2.22. The topological polar surface area (TPSA) is 0 Å². The van der Waals surface area contributed by atoms with E-state index in [1.807, 2.05) is 0 Å². The molecule has 0 saturated heterocycles. The zero-order valence-electron chi connectivity index (χ0n) is 9.12. The van der Waals surface area contributed by atoms with Crippen LogP contribution in [0.15, 0.2) is 0 Å². The van der Waals surface area contributed by atoms with E-state index in [9.17, 15) is 0 Å². The van der Waals surface area contributed by atoms with Crippen molar-refractivity contribution in [1.82, 2.24) is 0 Å². The van der Waals surface area contributed by atoms with E-state index in [2.05, 4.69) is 41.5 Å². The summed E-state index contributed by atoms with van der Waals surface area (Å²) in [6.07, 6.45) is 0. The smallest absolute Gasteiger partial charge is 0.141 e. The fourth-order valence-corrected chi connectivity index (χ4v) is 3.45. The third-order valence-electron chi connectivity index (χ3n) is 1.85. The Balaban J connectivity index is 3.44. The Hall–Kier alpha value is 0.766. The summed E-state index contributed by atoms with van der Waals surface area (Å²) in [7, 11) is 0. The largest absolute Gasteiger partial charge is 0.365 e. The summed E-state index contributed by atoms with van der Waals surface area (Å²) < 4.78 is 2.98. The Labute approximate surface area is 81.9 Å². The fourth-order valence-electron chi connectivity index (χ4n) is 1.15. The highest BCUT2D eigenvalue weighted by Crippen LogP contribution is 2.24. The zero-order chi connectivity index (χ0) is 9.12. The van der Waals surface area contributed by atoms with Crippen LogP contribution >= 0.6 is 0 Å². The minimum absolute atomic E-state index is 0.203. The van der Waals surface area contributed by atoms with Crippen molar-refractivity contribution in [2.45, 2.75) is 50.6 Å². The molecule has 0 heterocycles. The SMILES string of the molecule is CC(C)(C)[CH2][Mg][CH2]C(C)(C)C. The molecule has 0 rings (SSSR count). The molecule has 0 bridgehead atoms. The first kappa shape index (κ1) is 11.8. The highest BCUT2D eigenvalue weighted by atomic mass is 24.5. The second-order valence-electron chi connectivity index (χ2n) is 5.97. The number of hydrogen-bond acceptors (Lipinski definition) is 0. The van der Waals surface area contributed by atoms with Crippen molar-refractivity contribution in [1.29, 1.82) is 0 Å². The van der Waals surface area contributed by atoms with E-state index in [1.54, 1.807) is 0 Å². The van der Waals surface area contributed by atoms with Crippen LogP contribution in [0.1, 0.15) is 41.5 Å². The van der Waals surface area contributed by atoms with Gasteiger partial charge in [-0.25, -0.2) is 0 Å². The molecule has 64 valence electrons. The van der Waals surface area contributed by atoms with Gasteiger partial charge in [-0.1, -0.05) is 52.4 Å². The van der Waals surface area contributed by atoms with Gasteiger partial charge in [-0.2, -0.15) is 0 Å². The summed E-state index contributed by atoms with van der Waals surface area (Å²) in [6, 6.07) is 0. The third kappa shape index (κ3) is 10.8. The molecule has 0 aromatic carbocycles. The molecule has 1 heteroatoms. The molecule has 0 nitrogen and oxygen atoms in total. The summed E-state index contributed by atoms with van der Waals surface area (Å²) in [4.78, 5) is 0. The molecular formula is C10H22Mg. The van der Waals surface area contributed by atoms with Gasteiger partial charge < -0.3 is 0 Å². The van der Waals surface area contributed by atoms with Crippen LogP contribution in [0.4, 0.5) is 0 Å². The summed E-state index contributed by atoms with van der Waals surface area (Å²) in [6.45, 7) is 14.1. The molecule has 0 N–H and O–H groups in total. The first-order valence-electron chi connectivity index (χ1n) is 4.71. The molecule has 0 unspecified atom stereocenters. The van der Waals surface area contributed by atoms with Crippen molar-refractivity contribution in [3.63, 3.8) is 0 Å². The summed E-state index contributed by atoms with van der Waals surface area (Å²) >= 11 is 0.203. The Morgan fingerprint density at radius 1 is 0.727 bits per heavy atom. The Kier molecular flexibility index (Phi) is 4.42. The fraction of sp³-hybridized carbons (Fsp3) is 1.00. The average molecular weight is 167 g/mol. The van der Waals surface area contributed by atoms with Crippen LogP contribution in [0.3, 0.4) is 0 Å². The van der Waals surface area contributed by atoms with E-state index in [0.717, 1.165) is 0 Å². The zero-order valence-corrected chi connectivity index (χ0v) is 10.5. The van der Waals surface area contributed by atoms with Gasteiger partial charge in [-0.3, -0.25) is 0 Å². The molecule has 0 fully saturated rings. The van der Waals surface area contributed by atoms with E-state index in [4.69, 9.17) is 0 Å². The molecule has 0 spiro atoms. The molecule has 0 aromatic rings. The van der Waals surface area contributed by atoms with Gasteiger partial charge in [-0.15, -0.1) is 9.10 Å². The summed E-state index contributed by atoms with van der Waals surface area (Å²) in [5.41, 5.74) is 1.16. The van der Waals surface area contributed by atoms with Crippen molar-refractivity contribution >= 4 is 20.4 Å². The van der Waals surface area contributed by atoms with Crippen LogP contribution in [0.2, 0.25) is 9.10 Å². The van der Waals surface area contributed by atoms with Crippen LogP contribution in [0.25, 0.3) is 0 Å². The molecular weight excluding hydrogens is 144 g/mol. The van der Waals surface area contributed by atoms with Gasteiger partial charge in [-0.05, 0) is 0 Å². The quantitative estimate of drug-likeness (QED) is 0.550. The van der Waals surface area contributed by atoms with Crippen molar-refractivity contribution in [2.75, 3.05) is 0 Å². The summed E-state index contributed by atoms with van der Waals surface area (Å²) in [5, 5.41) is 0. The van der Waals surface area contributed by atoms with Gasteiger partial charge in [0.25, 0.3) is 0 Å². The monoisotopic (exact) mass is 166 g/mol. The molecule has 0 aliphatic heterocycles. The molecule has 0 aliphatic rings. The molecule has 0 aromatic heterocycles. The van der Waals surface area contributed by atoms with Crippen molar-refractivity contribution < 1.29 is 0 Å². The molecule has 0 saturated carbocycles. The Morgan fingerprint density at radius 3 is 1.18 bits per heavy atom. The highest BCUT2D eigenvalue weighted by Gasteiger charge is 2.16. The van der Waals surface area contributed by atoms with Crippen LogP contribution in [-0.4, -0.2) is 20.4 Å². The van der Waals surface area contributed by atoms with Gasteiger partial charge in [0.1, 0.15) is 0 Å². The highest BCUT2D eigenvalue weighted by molar-refractivity contribution is 6.35. The normalized spacial score (nSPS) is 12.9. The minimum atomic E-state index is 0.203. The minimum Gasteiger partial charge on any atom is -0.141 e. The van der Waals surface area contributed by atoms with Crippen LogP contribution in [0.5, 0.6) is 0 Å². The van der Waals surface area contributed by atoms with Gasteiger partial charge in [0, 0.05) is 0 Å². The number of rotatable bonds is 2. The third-order valence-corrected chi connectivity index (χ3v) is 5.56. The Bertz CT molecular complexity index is 89.0. The van der Waals surface area contributed by atoms with Crippen molar-refractivity contribution in [3.05, 3.63) is 0 Å². The van der Waals surface area contributed by atoms with E-state index < -0.39 is 0 Å². The average Bonchev–Trinajstić information content (AvgIpc) is 1.55. The van der Waals surface area contributed by atoms with E-state index in [-0.39, 0.29) is 20.4 Å². The van der Waals surface area contributed by atoms with Crippen LogP contribution in [0, 0.1) is 10.8 Å². The van der Waals surface area contributed by atoms with E-state index in [1.165, 1.54) is 9.10 Å². The molecule has 11 heavy (non-hydrogen) atoms. The molecule has 0 amide bonds. The predicted molar refractivity (Wildman–Crippen MR) is 54.3 cm³/mol. The van der Waals surface area contributed by atoms with E-state index in [0.29, 0.717) is 10.8 Å². The lowest BCUT2D eigenvalue weighted by molar-refractivity contribution is 0.445. The van der Waals surface area contributed by atoms with Gasteiger partial charge >= 0.3 is 20.4 Å². The standard InChI is InChI=1S/2C5H11.Mg/c2*1-5(2,3)4;/h2*1H2,2-4H3;. The lowest BCUT2D eigenvalue weighted by Crippen LogP contribution is -2.14. The summed E-state index contributed by atoms with van der Waals surface area (Å²) in [5.74, 6) is 0. The maximum absolute atomic E-state index is 2.35. The van der Waals surface area contributed by atoms with Gasteiger partial charge in [0.2, 0.25) is 0 Å². The first-order chi connectivity index (χ1) is 4.71. The molecule has 0 atom stereocenters. The lowest BCUT2D eigenvalue weighted by atomic mass is 9.99. The maximum Gasteiger partial charge on any atom is 0.365 e. The van der Waals surface area contributed by atoms with E-state index >= 15 is 0 Å². The molecule has 0 aliphatic carbocycles.